The number of amides is 1. The third-order valence-corrected chi connectivity index (χ3v) is 5.80. The lowest BCUT2D eigenvalue weighted by molar-refractivity contribution is -0.122. The Bertz CT molecular complexity index is 998. The predicted molar refractivity (Wildman–Crippen MR) is 121 cm³/mol. The molecule has 8 heteroatoms. The molecular formula is C24H29N5O3. The molecule has 168 valence electrons. The van der Waals surface area contributed by atoms with E-state index in [1.54, 1.807) is 7.11 Å². The number of aromatic nitrogens is 2. The van der Waals surface area contributed by atoms with Gasteiger partial charge in [-0.1, -0.05) is 47.6 Å². The summed E-state index contributed by atoms with van der Waals surface area (Å²) in [6, 6.07) is 17.6. The molecule has 2 aromatic carbocycles. The van der Waals surface area contributed by atoms with Crippen molar-refractivity contribution >= 4 is 5.91 Å². The van der Waals surface area contributed by atoms with Gasteiger partial charge in [-0.05, 0) is 24.6 Å². The molecule has 1 aromatic heterocycles. The molecule has 1 amide bonds. The Labute approximate surface area is 188 Å². The van der Waals surface area contributed by atoms with E-state index in [2.05, 4.69) is 32.2 Å². The second-order valence-electron chi connectivity index (χ2n) is 7.94. The highest BCUT2D eigenvalue weighted by Crippen LogP contribution is 2.23. The van der Waals surface area contributed by atoms with Gasteiger partial charge in [0.25, 0.3) is 0 Å². The highest BCUT2D eigenvalue weighted by molar-refractivity contribution is 5.78. The fourth-order valence-corrected chi connectivity index (χ4v) is 3.78. The first-order valence-electron chi connectivity index (χ1n) is 10.9. The standard InChI is InChI=1S/C24H29N5O3/c1-18(24-26-23(27-32-24)20-6-4-3-5-7-20)29-14-12-28(13-15-29)17-22(30)25-16-19-8-10-21(31-2)11-9-19/h3-11,18H,12-17H2,1-2H3,(H,25,30). The molecule has 1 atom stereocenters. The summed E-state index contributed by atoms with van der Waals surface area (Å²) in [4.78, 5) is 21.4. The van der Waals surface area contributed by atoms with Gasteiger partial charge in [0.15, 0.2) is 0 Å². The molecule has 0 saturated carbocycles. The summed E-state index contributed by atoms with van der Waals surface area (Å²) in [7, 11) is 1.64. The lowest BCUT2D eigenvalue weighted by Crippen LogP contribution is -2.49. The zero-order chi connectivity index (χ0) is 22.3. The molecule has 1 fully saturated rings. The number of ether oxygens (including phenoxy) is 1. The van der Waals surface area contributed by atoms with Crippen molar-refractivity contribution in [2.24, 2.45) is 0 Å². The van der Waals surface area contributed by atoms with Crippen molar-refractivity contribution in [3.63, 3.8) is 0 Å². The van der Waals surface area contributed by atoms with Crippen molar-refractivity contribution in [2.75, 3.05) is 39.8 Å². The molecule has 1 saturated heterocycles. The van der Waals surface area contributed by atoms with Gasteiger partial charge in [0.2, 0.25) is 17.6 Å². The molecule has 1 N–H and O–H groups in total. The largest absolute Gasteiger partial charge is 0.497 e. The third-order valence-electron chi connectivity index (χ3n) is 5.80. The quantitative estimate of drug-likeness (QED) is 0.582. The van der Waals surface area contributed by atoms with Gasteiger partial charge in [0.1, 0.15) is 5.75 Å². The van der Waals surface area contributed by atoms with Gasteiger partial charge in [-0.25, -0.2) is 0 Å². The van der Waals surface area contributed by atoms with Gasteiger partial charge < -0.3 is 14.6 Å². The van der Waals surface area contributed by atoms with Crippen LogP contribution in [-0.2, 0) is 11.3 Å². The van der Waals surface area contributed by atoms with E-state index in [1.807, 2.05) is 54.6 Å². The summed E-state index contributed by atoms with van der Waals surface area (Å²) in [6.07, 6.45) is 0. The number of nitrogens with zero attached hydrogens (tertiary/aromatic N) is 4. The highest BCUT2D eigenvalue weighted by atomic mass is 16.5. The van der Waals surface area contributed by atoms with Crippen molar-refractivity contribution in [3.8, 4) is 17.1 Å². The van der Waals surface area contributed by atoms with Crippen molar-refractivity contribution in [1.29, 1.82) is 0 Å². The summed E-state index contributed by atoms with van der Waals surface area (Å²) in [6.45, 7) is 6.32. The molecule has 0 spiro atoms. The van der Waals surface area contributed by atoms with Crippen molar-refractivity contribution in [2.45, 2.75) is 19.5 Å². The minimum atomic E-state index is 0.0333. The summed E-state index contributed by atoms with van der Waals surface area (Å²) >= 11 is 0. The highest BCUT2D eigenvalue weighted by Gasteiger charge is 2.26. The maximum Gasteiger partial charge on any atom is 0.244 e. The normalized spacial score (nSPS) is 15.9. The SMILES string of the molecule is COc1ccc(CNC(=O)CN2CCN(C(C)c3nc(-c4ccccc4)no3)CC2)cc1. The zero-order valence-corrected chi connectivity index (χ0v) is 18.5. The van der Waals surface area contributed by atoms with Crippen LogP contribution in [0.3, 0.4) is 0 Å². The monoisotopic (exact) mass is 435 g/mol. The molecule has 3 aromatic rings. The molecule has 8 nitrogen and oxygen atoms in total. The minimum Gasteiger partial charge on any atom is -0.497 e. The Kier molecular flexibility index (Phi) is 7.14. The van der Waals surface area contributed by atoms with E-state index in [4.69, 9.17) is 9.26 Å². The molecule has 32 heavy (non-hydrogen) atoms. The Morgan fingerprint density at radius 3 is 2.50 bits per heavy atom. The van der Waals surface area contributed by atoms with Gasteiger partial charge in [0, 0.05) is 38.3 Å². The number of methoxy groups -OCH3 is 1. The van der Waals surface area contributed by atoms with Gasteiger partial charge in [-0.15, -0.1) is 0 Å². The number of piperazine rings is 1. The first-order valence-corrected chi connectivity index (χ1v) is 10.9. The molecule has 0 aliphatic carbocycles. The first kappa shape index (κ1) is 22.0. The summed E-state index contributed by atoms with van der Waals surface area (Å²) in [5.74, 6) is 2.07. The summed E-state index contributed by atoms with van der Waals surface area (Å²) in [5, 5.41) is 7.12. The van der Waals surface area contributed by atoms with Gasteiger partial charge in [-0.3, -0.25) is 14.6 Å². The smallest absolute Gasteiger partial charge is 0.244 e. The zero-order valence-electron chi connectivity index (χ0n) is 18.5. The van der Waals surface area contributed by atoms with Crippen LogP contribution < -0.4 is 10.1 Å². The fraction of sp³-hybridized carbons (Fsp3) is 0.375. The van der Waals surface area contributed by atoms with Crippen LogP contribution in [0.15, 0.2) is 59.1 Å². The van der Waals surface area contributed by atoms with E-state index < -0.39 is 0 Å². The molecule has 1 aliphatic heterocycles. The lowest BCUT2D eigenvalue weighted by Gasteiger charge is -2.36. The Hall–Kier alpha value is -3.23. The van der Waals surface area contributed by atoms with E-state index in [1.165, 1.54) is 0 Å². The Balaban J connectivity index is 1.22. The van der Waals surface area contributed by atoms with E-state index in [0.717, 1.165) is 43.1 Å². The number of nitrogens with one attached hydrogen (secondary N) is 1. The Morgan fingerprint density at radius 1 is 1.09 bits per heavy atom. The van der Waals surface area contributed by atoms with Crippen LogP contribution in [0.2, 0.25) is 0 Å². The van der Waals surface area contributed by atoms with Crippen LogP contribution in [0, 0.1) is 0 Å². The second-order valence-corrected chi connectivity index (χ2v) is 7.94. The molecular weight excluding hydrogens is 406 g/mol. The van der Waals surface area contributed by atoms with Gasteiger partial charge >= 0.3 is 0 Å². The van der Waals surface area contributed by atoms with Gasteiger partial charge in [-0.2, -0.15) is 4.98 Å². The van der Waals surface area contributed by atoms with Gasteiger partial charge in [0.05, 0.1) is 19.7 Å². The maximum absolute atomic E-state index is 12.4. The summed E-state index contributed by atoms with van der Waals surface area (Å²) < 4.78 is 10.7. The predicted octanol–water partition coefficient (Wildman–Crippen LogP) is 2.74. The van der Waals surface area contributed by atoms with Crippen LogP contribution in [0.1, 0.15) is 24.4 Å². The van der Waals surface area contributed by atoms with Crippen molar-refractivity contribution in [3.05, 3.63) is 66.1 Å². The minimum absolute atomic E-state index is 0.0333. The molecule has 0 bridgehead atoms. The van der Waals surface area contributed by atoms with E-state index in [9.17, 15) is 4.79 Å². The number of carbonyl (C=O) groups is 1. The van der Waals surface area contributed by atoms with Crippen molar-refractivity contribution < 1.29 is 14.1 Å². The first-order chi connectivity index (χ1) is 15.6. The number of rotatable bonds is 8. The molecule has 4 rings (SSSR count). The lowest BCUT2D eigenvalue weighted by atomic mass is 10.2. The molecule has 1 unspecified atom stereocenters. The molecule has 1 aliphatic rings. The number of carbonyl (C=O) groups excluding carboxylic acids is 1. The van der Waals surface area contributed by atoms with E-state index >= 15 is 0 Å². The molecule has 0 radical (unpaired) electrons. The van der Waals surface area contributed by atoms with Crippen molar-refractivity contribution in [1.82, 2.24) is 25.3 Å². The van der Waals surface area contributed by atoms with E-state index in [-0.39, 0.29) is 11.9 Å². The van der Waals surface area contributed by atoms with Crippen LogP contribution in [0.4, 0.5) is 0 Å². The average Bonchev–Trinajstić information content (AvgIpc) is 3.34. The summed E-state index contributed by atoms with van der Waals surface area (Å²) in [5.41, 5.74) is 1.99. The number of hydrogen-bond donors (Lipinski definition) is 1. The van der Waals surface area contributed by atoms with Crippen LogP contribution in [0.25, 0.3) is 11.4 Å². The maximum atomic E-state index is 12.4. The topological polar surface area (TPSA) is 83.7 Å². The Morgan fingerprint density at radius 2 is 1.81 bits per heavy atom. The molecule has 2 heterocycles. The second kappa shape index (κ2) is 10.4. The number of hydrogen-bond acceptors (Lipinski definition) is 7. The van der Waals surface area contributed by atoms with E-state index in [0.29, 0.717) is 24.8 Å². The van der Waals surface area contributed by atoms with Crippen LogP contribution in [-0.4, -0.2) is 65.7 Å². The van der Waals surface area contributed by atoms with Crippen LogP contribution >= 0.6 is 0 Å². The van der Waals surface area contributed by atoms with Crippen LogP contribution in [0.5, 0.6) is 5.75 Å². The third kappa shape index (κ3) is 5.52. The average molecular weight is 436 g/mol. The number of benzene rings is 2. The fourth-order valence-electron chi connectivity index (χ4n) is 3.78.